The Labute approximate surface area is 114 Å². The molecule has 0 saturated heterocycles. The minimum atomic E-state index is -0.920. The second kappa shape index (κ2) is 6.12. The molecule has 94 valence electrons. The minimum Gasteiger partial charge on any atom is -0.330 e. The smallest absolute Gasteiger partial charge is 0.0564 e. The van der Waals surface area contributed by atoms with Crippen LogP contribution in [0.3, 0.4) is 0 Å². The van der Waals surface area contributed by atoms with E-state index in [0.717, 1.165) is 22.2 Å². The van der Waals surface area contributed by atoms with Crippen molar-refractivity contribution in [3.63, 3.8) is 0 Å². The molecule has 0 aliphatic heterocycles. The fraction of sp³-hybridized carbons (Fsp3) is 0.538. The molecule has 4 heteroatoms. The normalized spacial score (nSPS) is 26.7. The molecule has 0 bridgehead atoms. The Morgan fingerprint density at radius 1 is 1.35 bits per heavy atom. The molecule has 2 rings (SSSR count). The number of halogens is 1. The van der Waals surface area contributed by atoms with Gasteiger partial charge in [-0.2, -0.15) is 0 Å². The quantitative estimate of drug-likeness (QED) is 0.931. The van der Waals surface area contributed by atoms with Crippen molar-refractivity contribution in [1.82, 2.24) is 0 Å². The highest BCUT2D eigenvalue weighted by atomic mass is 79.9. The minimum absolute atomic E-state index is 0.239. The monoisotopic (exact) mass is 315 g/mol. The summed E-state index contributed by atoms with van der Waals surface area (Å²) in [7, 11) is -0.920. The van der Waals surface area contributed by atoms with Gasteiger partial charge in [0.25, 0.3) is 0 Å². The van der Waals surface area contributed by atoms with Crippen molar-refractivity contribution in [2.24, 2.45) is 11.7 Å². The van der Waals surface area contributed by atoms with Crippen LogP contribution in [0, 0.1) is 5.92 Å². The first-order valence-corrected chi connectivity index (χ1v) is 8.09. The third kappa shape index (κ3) is 3.18. The summed E-state index contributed by atoms with van der Waals surface area (Å²) in [6, 6.07) is 7.81. The maximum atomic E-state index is 12.6. The molecule has 1 aliphatic carbocycles. The second-order valence-corrected chi connectivity index (χ2v) is 7.16. The molecule has 3 unspecified atom stereocenters. The fourth-order valence-electron chi connectivity index (χ4n) is 2.49. The third-order valence-corrected chi connectivity index (χ3v) is 5.83. The maximum Gasteiger partial charge on any atom is 0.0564 e. The van der Waals surface area contributed by atoms with Crippen molar-refractivity contribution >= 4 is 26.7 Å². The Balaban J connectivity index is 2.18. The molecule has 0 spiro atoms. The number of hydrogen-bond donors (Lipinski definition) is 1. The molecule has 0 aromatic heterocycles. The number of nitrogens with two attached hydrogens (primary N) is 1. The molecule has 1 aromatic carbocycles. The Morgan fingerprint density at radius 2 is 2.12 bits per heavy atom. The van der Waals surface area contributed by atoms with E-state index in [9.17, 15) is 4.21 Å². The largest absolute Gasteiger partial charge is 0.330 e. The molecule has 0 heterocycles. The molecule has 1 fully saturated rings. The van der Waals surface area contributed by atoms with Crippen molar-refractivity contribution < 1.29 is 4.21 Å². The predicted octanol–water partition coefficient (Wildman–Crippen LogP) is 3.07. The van der Waals surface area contributed by atoms with Crippen molar-refractivity contribution in [3.05, 3.63) is 28.7 Å². The molecule has 1 aromatic rings. The summed E-state index contributed by atoms with van der Waals surface area (Å²) >= 11 is 3.43. The van der Waals surface area contributed by atoms with Gasteiger partial charge in [-0.25, -0.2) is 0 Å². The van der Waals surface area contributed by atoms with E-state index < -0.39 is 10.8 Å². The van der Waals surface area contributed by atoms with Crippen molar-refractivity contribution in [3.8, 4) is 0 Å². The molecule has 3 atom stereocenters. The molecule has 2 N–H and O–H groups in total. The lowest BCUT2D eigenvalue weighted by Crippen LogP contribution is -2.34. The van der Waals surface area contributed by atoms with Crippen LogP contribution in [0.2, 0.25) is 0 Å². The highest BCUT2D eigenvalue weighted by Gasteiger charge is 2.29. The van der Waals surface area contributed by atoms with Crippen LogP contribution in [-0.4, -0.2) is 16.0 Å². The summed E-state index contributed by atoms with van der Waals surface area (Å²) in [6.07, 6.45) is 4.58. The lowest BCUT2D eigenvalue weighted by molar-refractivity contribution is 0.372. The molecule has 2 nitrogen and oxygen atoms in total. The van der Waals surface area contributed by atoms with E-state index >= 15 is 0 Å². The highest BCUT2D eigenvalue weighted by Crippen LogP contribution is 2.30. The Kier molecular flexibility index (Phi) is 4.77. The van der Waals surface area contributed by atoms with E-state index in [-0.39, 0.29) is 5.25 Å². The van der Waals surface area contributed by atoms with Crippen LogP contribution in [0.1, 0.15) is 25.7 Å². The summed E-state index contributed by atoms with van der Waals surface area (Å²) in [6.45, 7) is 0.657. The topological polar surface area (TPSA) is 43.1 Å². The Hall–Kier alpha value is -0.190. The predicted molar refractivity (Wildman–Crippen MR) is 75.4 cm³/mol. The molecule has 0 amide bonds. The molecular formula is C13H18BrNOS. The zero-order valence-corrected chi connectivity index (χ0v) is 12.2. The van der Waals surface area contributed by atoms with E-state index in [1.807, 2.05) is 24.3 Å². The SMILES string of the molecule is NCC1CCCCC1S(=O)c1cccc(Br)c1. The van der Waals surface area contributed by atoms with Crippen molar-refractivity contribution in [1.29, 1.82) is 0 Å². The lowest BCUT2D eigenvalue weighted by atomic mass is 9.89. The standard InChI is InChI=1S/C13H18BrNOS/c14-11-5-3-6-12(8-11)17(16)13-7-2-1-4-10(13)9-15/h3,5-6,8,10,13H,1-2,4,7,9,15H2. The second-order valence-electron chi connectivity index (χ2n) is 4.57. The van der Waals surface area contributed by atoms with E-state index in [0.29, 0.717) is 12.5 Å². The molecule has 1 saturated carbocycles. The zero-order valence-electron chi connectivity index (χ0n) is 9.77. The van der Waals surface area contributed by atoms with Crippen LogP contribution in [0.5, 0.6) is 0 Å². The van der Waals surface area contributed by atoms with Gasteiger partial charge in [-0.15, -0.1) is 0 Å². The zero-order chi connectivity index (χ0) is 12.3. The summed E-state index contributed by atoms with van der Waals surface area (Å²) in [4.78, 5) is 0.921. The first kappa shape index (κ1) is 13.2. The fourth-order valence-corrected chi connectivity index (χ4v) is 4.83. The summed E-state index contributed by atoms with van der Waals surface area (Å²) in [5, 5.41) is 0.239. The van der Waals surface area contributed by atoms with Gasteiger partial charge in [-0.3, -0.25) is 4.21 Å². The van der Waals surface area contributed by atoms with Crippen LogP contribution in [0.15, 0.2) is 33.6 Å². The molecule has 1 aliphatic rings. The van der Waals surface area contributed by atoms with Crippen molar-refractivity contribution in [2.75, 3.05) is 6.54 Å². The van der Waals surface area contributed by atoms with E-state index in [1.54, 1.807) is 0 Å². The average molecular weight is 316 g/mol. The van der Waals surface area contributed by atoms with Gasteiger partial charge in [0.05, 0.1) is 10.8 Å². The van der Waals surface area contributed by atoms with Gasteiger partial charge in [0, 0.05) is 14.6 Å². The first-order chi connectivity index (χ1) is 8.22. The lowest BCUT2D eigenvalue weighted by Gasteiger charge is -2.29. The van der Waals surface area contributed by atoms with Crippen LogP contribution in [-0.2, 0) is 10.8 Å². The van der Waals surface area contributed by atoms with Crippen molar-refractivity contribution in [2.45, 2.75) is 35.8 Å². The van der Waals surface area contributed by atoms with Crippen LogP contribution < -0.4 is 5.73 Å². The number of benzene rings is 1. The van der Waals surface area contributed by atoms with Gasteiger partial charge in [0.2, 0.25) is 0 Å². The van der Waals surface area contributed by atoms with Gasteiger partial charge in [-0.1, -0.05) is 34.8 Å². The first-order valence-electron chi connectivity index (χ1n) is 6.08. The number of hydrogen-bond acceptors (Lipinski definition) is 2. The van der Waals surface area contributed by atoms with Crippen LogP contribution >= 0.6 is 15.9 Å². The molecule has 0 radical (unpaired) electrons. The average Bonchev–Trinajstić information content (AvgIpc) is 2.38. The summed E-state index contributed by atoms with van der Waals surface area (Å²) in [5.41, 5.74) is 5.80. The van der Waals surface area contributed by atoms with Crippen LogP contribution in [0.25, 0.3) is 0 Å². The van der Waals surface area contributed by atoms with E-state index in [1.165, 1.54) is 12.8 Å². The summed E-state index contributed by atoms with van der Waals surface area (Å²) < 4.78 is 13.5. The molecule has 17 heavy (non-hydrogen) atoms. The van der Waals surface area contributed by atoms with Gasteiger partial charge in [-0.05, 0) is 43.5 Å². The van der Waals surface area contributed by atoms with Gasteiger partial charge < -0.3 is 5.73 Å². The van der Waals surface area contributed by atoms with Gasteiger partial charge >= 0.3 is 0 Å². The highest BCUT2D eigenvalue weighted by molar-refractivity contribution is 9.10. The maximum absolute atomic E-state index is 12.6. The Bertz CT molecular complexity index is 410. The summed E-state index contributed by atoms with van der Waals surface area (Å²) in [5.74, 6) is 0.420. The Morgan fingerprint density at radius 3 is 2.82 bits per heavy atom. The van der Waals surface area contributed by atoms with E-state index in [2.05, 4.69) is 15.9 Å². The van der Waals surface area contributed by atoms with Crippen LogP contribution in [0.4, 0.5) is 0 Å². The number of rotatable bonds is 3. The third-order valence-electron chi connectivity index (χ3n) is 3.45. The molecular weight excluding hydrogens is 298 g/mol. The van der Waals surface area contributed by atoms with Gasteiger partial charge in [0.15, 0.2) is 0 Å². The van der Waals surface area contributed by atoms with E-state index in [4.69, 9.17) is 5.73 Å². The van der Waals surface area contributed by atoms with Gasteiger partial charge in [0.1, 0.15) is 0 Å².